The third-order valence-electron chi connectivity index (χ3n) is 4.39. The summed E-state index contributed by atoms with van der Waals surface area (Å²) in [6.07, 6.45) is 8.32. The van der Waals surface area contributed by atoms with E-state index in [-0.39, 0.29) is 18.1 Å². The molecule has 1 atom stereocenters. The van der Waals surface area contributed by atoms with Crippen molar-refractivity contribution >= 4 is 17.5 Å². The molecule has 1 aliphatic rings. The van der Waals surface area contributed by atoms with Gasteiger partial charge in [-0.3, -0.25) is 9.59 Å². The average molecular weight is 334 g/mol. The molecule has 6 heteroatoms. The molecule has 5 nitrogen and oxygen atoms in total. The summed E-state index contributed by atoms with van der Waals surface area (Å²) in [5.74, 6) is -0.832. The van der Waals surface area contributed by atoms with Gasteiger partial charge in [0.1, 0.15) is 11.9 Å². The Morgan fingerprint density at radius 1 is 1.25 bits per heavy atom. The minimum atomic E-state index is -0.889. The number of halogens is 1. The fourth-order valence-corrected chi connectivity index (χ4v) is 2.97. The van der Waals surface area contributed by atoms with Gasteiger partial charge in [-0.25, -0.2) is 4.39 Å². The van der Waals surface area contributed by atoms with Crippen LogP contribution in [-0.2, 0) is 9.59 Å². The van der Waals surface area contributed by atoms with Gasteiger partial charge in [0, 0.05) is 13.0 Å². The second kappa shape index (κ2) is 9.25. The maximum Gasteiger partial charge on any atom is 0.241 e. The van der Waals surface area contributed by atoms with Gasteiger partial charge in [-0.1, -0.05) is 44.2 Å². The molecule has 0 spiro atoms. The Bertz CT molecular complexity index is 559. The Morgan fingerprint density at radius 2 is 1.96 bits per heavy atom. The van der Waals surface area contributed by atoms with Crippen molar-refractivity contribution in [1.29, 1.82) is 0 Å². The molecule has 1 aromatic rings. The van der Waals surface area contributed by atoms with E-state index in [1.165, 1.54) is 25.3 Å². The van der Waals surface area contributed by atoms with E-state index in [9.17, 15) is 14.0 Å². The number of anilines is 1. The molecule has 2 rings (SSSR count). The molecule has 0 unspecified atom stereocenters. The van der Waals surface area contributed by atoms with Crippen molar-refractivity contribution in [2.75, 3.05) is 11.9 Å². The summed E-state index contributed by atoms with van der Waals surface area (Å²) in [7, 11) is 0. The Balaban J connectivity index is 1.78. The average Bonchev–Trinajstić information content (AvgIpc) is 2.58. The lowest BCUT2D eigenvalue weighted by Crippen LogP contribution is -2.48. The van der Waals surface area contributed by atoms with Crippen LogP contribution in [0.25, 0.3) is 0 Å². The highest BCUT2D eigenvalue weighted by Gasteiger charge is 2.20. The molecule has 1 saturated carbocycles. The predicted octanol–water partition coefficient (Wildman–Crippen LogP) is 2.38. The highest BCUT2D eigenvalue weighted by molar-refractivity contribution is 5.90. The second-order valence-electron chi connectivity index (χ2n) is 6.27. The van der Waals surface area contributed by atoms with Crippen LogP contribution < -0.4 is 16.4 Å². The van der Waals surface area contributed by atoms with E-state index in [1.54, 1.807) is 24.6 Å². The predicted molar refractivity (Wildman–Crippen MR) is 91.5 cm³/mol. The Labute approximate surface area is 142 Å². The van der Waals surface area contributed by atoms with E-state index in [0.29, 0.717) is 5.92 Å². The Morgan fingerprint density at radius 3 is 2.62 bits per heavy atom. The van der Waals surface area contributed by atoms with Crippen LogP contribution in [0.5, 0.6) is 0 Å². The van der Waals surface area contributed by atoms with E-state index in [0.717, 1.165) is 19.3 Å². The summed E-state index contributed by atoms with van der Waals surface area (Å²) in [6, 6.07) is 5.25. The van der Waals surface area contributed by atoms with Gasteiger partial charge in [-0.2, -0.15) is 0 Å². The number of nitrogens with one attached hydrogen (secondary N) is 2. The van der Waals surface area contributed by atoms with Crippen LogP contribution in [-0.4, -0.2) is 24.4 Å². The first-order chi connectivity index (χ1) is 11.6. The molecule has 0 bridgehead atoms. The molecular formula is C18H25FN3O2. The zero-order chi connectivity index (χ0) is 17.4. The van der Waals surface area contributed by atoms with E-state index >= 15 is 0 Å². The number of carbonyl (C=O) groups excluding carboxylic acids is 2. The summed E-state index contributed by atoms with van der Waals surface area (Å²) >= 11 is 0. The molecule has 24 heavy (non-hydrogen) atoms. The third-order valence-corrected chi connectivity index (χ3v) is 4.39. The van der Waals surface area contributed by atoms with Gasteiger partial charge in [0.2, 0.25) is 11.8 Å². The molecule has 0 aliphatic heterocycles. The SMILES string of the molecule is NC(=O)[C@H](CNc1ccccc1F)NC(=O)[CH]CC1CCCCC1. The second-order valence-corrected chi connectivity index (χ2v) is 6.27. The Kier molecular flexibility index (Phi) is 7.03. The van der Waals surface area contributed by atoms with Crippen molar-refractivity contribution in [3.63, 3.8) is 0 Å². The van der Waals surface area contributed by atoms with Gasteiger partial charge in [-0.15, -0.1) is 0 Å². The first-order valence-corrected chi connectivity index (χ1v) is 8.47. The van der Waals surface area contributed by atoms with Crippen LogP contribution in [0.15, 0.2) is 24.3 Å². The zero-order valence-electron chi connectivity index (χ0n) is 13.8. The summed E-state index contributed by atoms with van der Waals surface area (Å²) < 4.78 is 13.6. The monoisotopic (exact) mass is 334 g/mol. The standard InChI is InChI=1S/C18H25FN3O2/c19-14-8-4-5-9-15(14)21-12-16(18(20)24)22-17(23)11-10-13-6-2-1-3-7-13/h4-5,8-9,11,13,16,21H,1-3,6-7,10,12H2,(H2,20,24)(H,22,23)/t16-/m0/s1. The van der Waals surface area contributed by atoms with Crippen molar-refractivity contribution in [3.05, 3.63) is 36.5 Å². The van der Waals surface area contributed by atoms with Crippen molar-refractivity contribution < 1.29 is 14.0 Å². The smallest absolute Gasteiger partial charge is 0.241 e. The largest absolute Gasteiger partial charge is 0.380 e. The lowest BCUT2D eigenvalue weighted by molar-refractivity contribution is -0.125. The molecule has 1 aromatic carbocycles. The van der Waals surface area contributed by atoms with Gasteiger partial charge in [-0.05, 0) is 24.5 Å². The normalized spacial score (nSPS) is 16.4. The maximum absolute atomic E-state index is 13.6. The number of hydrogen-bond acceptors (Lipinski definition) is 3. The van der Waals surface area contributed by atoms with Crippen LogP contribution in [0.2, 0.25) is 0 Å². The number of primary amides is 1. The lowest BCUT2D eigenvalue weighted by atomic mass is 9.86. The van der Waals surface area contributed by atoms with Crippen LogP contribution in [0, 0.1) is 18.2 Å². The topological polar surface area (TPSA) is 84.2 Å². The fraction of sp³-hybridized carbons (Fsp3) is 0.500. The first kappa shape index (κ1) is 18.2. The number of nitrogens with two attached hydrogens (primary N) is 1. The van der Waals surface area contributed by atoms with E-state index < -0.39 is 17.8 Å². The third kappa shape index (κ3) is 5.83. The number of hydrogen-bond donors (Lipinski definition) is 3. The molecule has 2 amide bonds. The minimum absolute atomic E-state index is 0.0409. The highest BCUT2D eigenvalue weighted by atomic mass is 19.1. The van der Waals surface area contributed by atoms with Crippen LogP contribution in [0.4, 0.5) is 10.1 Å². The van der Waals surface area contributed by atoms with Crippen molar-refractivity contribution in [1.82, 2.24) is 5.32 Å². The molecule has 4 N–H and O–H groups in total. The molecular weight excluding hydrogens is 309 g/mol. The Hall–Kier alpha value is -2.11. The summed E-state index contributed by atoms with van der Waals surface area (Å²) in [5.41, 5.74) is 5.59. The molecule has 1 fully saturated rings. The number of para-hydroxylation sites is 1. The van der Waals surface area contributed by atoms with Crippen molar-refractivity contribution in [3.8, 4) is 0 Å². The van der Waals surface area contributed by atoms with Gasteiger partial charge in [0.05, 0.1) is 5.69 Å². The van der Waals surface area contributed by atoms with Gasteiger partial charge in [0.25, 0.3) is 0 Å². The maximum atomic E-state index is 13.6. The van der Waals surface area contributed by atoms with Crippen molar-refractivity contribution in [2.45, 2.75) is 44.6 Å². The van der Waals surface area contributed by atoms with Crippen molar-refractivity contribution in [2.24, 2.45) is 11.7 Å². The molecule has 0 saturated heterocycles. The van der Waals surface area contributed by atoms with E-state index in [1.807, 2.05) is 0 Å². The van der Waals surface area contributed by atoms with Gasteiger partial charge in [0.15, 0.2) is 0 Å². The minimum Gasteiger partial charge on any atom is -0.380 e. The zero-order valence-corrected chi connectivity index (χ0v) is 13.8. The number of amides is 2. The number of carbonyl (C=O) groups is 2. The summed E-state index contributed by atoms with van der Waals surface area (Å²) in [6.45, 7) is 0.0409. The first-order valence-electron chi connectivity index (χ1n) is 8.47. The quantitative estimate of drug-likeness (QED) is 0.682. The summed E-state index contributed by atoms with van der Waals surface area (Å²) in [4.78, 5) is 23.5. The highest BCUT2D eigenvalue weighted by Crippen LogP contribution is 2.26. The molecule has 1 radical (unpaired) electrons. The number of benzene rings is 1. The van der Waals surface area contributed by atoms with Gasteiger partial charge >= 0.3 is 0 Å². The molecule has 0 heterocycles. The van der Waals surface area contributed by atoms with E-state index in [2.05, 4.69) is 10.6 Å². The summed E-state index contributed by atoms with van der Waals surface area (Å²) in [5, 5.41) is 5.39. The van der Waals surface area contributed by atoms with Crippen LogP contribution in [0.1, 0.15) is 38.5 Å². The fourth-order valence-electron chi connectivity index (χ4n) is 2.97. The molecule has 1 aliphatic carbocycles. The molecule has 0 aromatic heterocycles. The van der Waals surface area contributed by atoms with Gasteiger partial charge < -0.3 is 16.4 Å². The van der Waals surface area contributed by atoms with E-state index in [4.69, 9.17) is 5.73 Å². The van der Waals surface area contributed by atoms with Crippen LogP contribution in [0.3, 0.4) is 0 Å². The van der Waals surface area contributed by atoms with Crippen LogP contribution >= 0.6 is 0 Å². The lowest BCUT2D eigenvalue weighted by Gasteiger charge is -2.22. The number of rotatable bonds is 8. The molecule has 131 valence electrons.